The van der Waals surface area contributed by atoms with Crippen molar-refractivity contribution in [3.05, 3.63) is 29.8 Å². The summed E-state index contributed by atoms with van der Waals surface area (Å²) >= 11 is 0. The molecule has 2 aliphatic rings. The molecule has 86 valence electrons. The Bertz CT molecular complexity index is 346. The molecule has 0 saturated carbocycles. The standard InChI is InChI=1S/C14H20N2/c1-11-2-4-14(5-3-11)16-9-12-6-13(10-16)8-15-7-12/h2-5,12-13,15H,6-10H2,1H3. The van der Waals surface area contributed by atoms with Gasteiger partial charge in [0.15, 0.2) is 0 Å². The highest BCUT2D eigenvalue weighted by Crippen LogP contribution is 2.28. The summed E-state index contributed by atoms with van der Waals surface area (Å²) in [4.78, 5) is 2.57. The Morgan fingerprint density at radius 3 is 2.31 bits per heavy atom. The monoisotopic (exact) mass is 216 g/mol. The molecule has 0 radical (unpaired) electrons. The van der Waals surface area contributed by atoms with Gasteiger partial charge in [-0.2, -0.15) is 0 Å². The van der Waals surface area contributed by atoms with E-state index in [0.29, 0.717) is 0 Å². The minimum absolute atomic E-state index is 0.855. The van der Waals surface area contributed by atoms with Crippen molar-refractivity contribution in [3.63, 3.8) is 0 Å². The van der Waals surface area contributed by atoms with E-state index in [1.807, 2.05) is 0 Å². The first kappa shape index (κ1) is 10.2. The molecule has 0 spiro atoms. The van der Waals surface area contributed by atoms with Crippen molar-refractivity contribution in [1.82, 2.24) is 5.32 Å². The zero-order valence-corrected chi connectivity index (χ0v) is 9.95. The maximum Gasteiger partial charge on any atom is 0.0366 e. The van der Waals surface area contributed by atoms with Gasteiger partial charge in [0.05, 0.1) is 0 Å². The van der Waals surface area contributed by atoms with Crippen molar-refractivity contribution in [2.45, 2.75) is 13.3 Å². The summed E-state index contributed by atoms with van der Waals surface area (Å²) in [6, 6.07) is 8.98. The number of nitrogens with one attached hydrogen (secondary N) is 1. The Morgan fingerprint density at radius 1 is 1.06 bits per heavy atom. The normalized spacial score (nSPS) is 29.2. The summed E-state index contributed by atoms with van der Waals surface area (Å²) in [5, 5.41) is 3.54. The number of hydrogen-bond acceptors (Lipinski definition) is 2. The maximum atomic E-state index is 3.54. The molecule has 0 aliphatic carbocycles. The SMILES string of the molecule is Cc1ccc(N2CC3CNCC(C3)C2)cc1. The summed E-state index contributed by atoms with van der Waals surface area (Å²) in [6.07, 6.45) is 1.43. The Kier molecular flexibility index (Phi) is 2.60. The highest BCUT2D eigenvalue weighted by Gasteiger charge is 2.30. The molecule has 2 heterocycles. The van der Waals surface area contributed by atoms with E-state index in [2.05, 4.69) is 41.4 Å². The van der Waals surface area contributed by atoms with Gasteiger partial charge in [-0.05, 0) is 50.4 Å². The number of aryl methyl sites for hydroxylation is 1. The average molecular weight is 216 g/mol. The van der Waals surface area contributed by atoms with Crippen LogP contribution in [-0.2, 0) is 0 Å². The largest absolute Gasteiger partial charge is 0.371 e. The summed E-state index contributed by atoms with van der Waals surface area (Å²) in [5.74, 6) is 1.71. The minimum Gasteiger partial charge on any atom is -0.371 e. The van der Waals surface area contributed by atoms with Crippen molar-refractivity contribution in [2.75, 3.05) is 31.1 Å². The first-order valence-electron chi connectivity index (χ1n) is 6.33. The van der Waals surface area contributed by atoms with Gasteiger partial charge in [-0.25, -0.2) is 0 Å². The molecule has 2 bridgehead atoms. The Hall–Kier alpha value is -1.02. The predicted molar refractivity (Wildman–Crippen MR) is 67.9 cm³/mol. The molecule has 2 aliphatic heterocycles. The van der Waals surface area contributed by atoms with Crippen LogP contribution in [0.15, 0.2) is 24.3 Å². The van der Waals surface area contributed by atoms with E-state index >= 15 is 0 Å². The zero-order valence-electron chi connectivity index (χ0n) is 9.95. The van der Waals surface area contributed by atoms with E-state index in [1.54, 1.807) is 0 Å². The van der Waals surface area contributed by atoms with Crippen LogP contribution in [0.1, 0.15) is 12.0 Å². The number of benzene rings is 1. The molecule has 0 amide bonds. The van der Waals surface area contributed by atoms with E-state index in [-0.39, 0.29) is 0 Å². The smallest absolute Gasteiger partial charge is 0.0366 e. The van der Waals surface area contributed by atoms with Crippen molar-refractivity contribution >= 4 is 5.69 Å². The molecule has 2 unspecified atom stereocenters. The fourth-order valence-corrected chi connectivity index (χ4v) is 3.07. The molecule has 1 aromatic rings. The molecular formula is C14H20N2. The maximum absolute atomic E-state index is 3.54. The Morgan fingerprint density at radius 2 is 1.69 bits per heavy atom. The fraction of sp³-hybridized carbons (Fsp3) is 0.571. The zero-order chi connectivity index (χ0) is 11.0. The topological polar surface area (TPSA) is 15.3 Å². The van der Waals surface area contributed by atoms with E-state index < -0.39 is 0 Å². The predicted octanol–water partition coefficient (Wildman–Crippen LogP) is 2.04. The van der Waals surface area contributed by atoms with Gasteiger partial charge in [0, 0.05) is 18.8 Å². The van der Waals surface area contributed by atoms with E-state index in [1.165, 1.54) is 43.9 Å². The lowest BCUT2D eigenvalue weighted by atomic mass is 9.85. The van der Waals surface area contributed by atoms with Crippen LogP contribution in [0.25, 0.3) is 0 Å². The van der Waals surface area contributed by atoms with Crippen LogP contribution in [0.2, 0.25) is 0 Å². The van der Waals surface area contributed by atoms with E-state index in [4.69, 9.17) is 0 Å². The summed E-state index contributed by atoms with van der Waals surface area (Å²) in [6.45, 7) is 7.02. The van der Waals surface area contributed by atoms with Gasteiger partial charge < -0.3 is 10.2 Å². The first-order valence-corrected chi connectivity index (χ1v) is 6.33. The van der Waals surface area contributed by atoms with E-state index in [9.17, 15) is 0 Å². The molecule has 3 rings (SSSR count). The second-order valence-corrected chi connectivity index (χ2v) is 5.37. The third kappa shape index (κ3) is 1.94. The third-order valence-electron chi connectivity index (χ3n) is 3.89. The summed E-state index contributed by atoms with van der Waals surface area (Å²) < 4.78 is 0. The molecular weight excluding hydrogens is 196 g/mol. The van der Waals surface area contributed by atoms with Crippen LogP contribution in [-0.4, -0.2) is 26.2 Å². The van der Waals surface area contributed by atoms with Crippen LogP contribution in [0, 0.1) is 18.8 Å². The molecule has 2 nitrogen and oxygen atoms in total. The molecule has 1 N–H and O–H groups in total. The van der Waals surface area contributed by atoms with Crippen LogP contribution in [0.4, 0.5) is 5.69 Å². The van der Waals surface area contributed by atoms with Gasteiger partial charge in [0.25, 0.3) is 0 Å². The lowest BCUT2D eigenvalue weighted by Crippen LogP contribution is -2.51. The summed E-state index contributed by atoms with van der Waals surface area (Å²) in [5.41, 5.74) is 2.75. The number of nitrogens with zero attached hydrogens (tertiary/aromatic N) is 1. The van der Waals surface area contributed by atoms with E-state index in [0.717, 1.165) is 11.8 Å². The highest BCUT2D eigenvalue weighted by atomic mass is 15.2. The lowest BCUT2D eigenvalue weighted by Gasteiger charge is -2.42. The molecule has 2 saturated heterocycles. The van der Waals surface area contributed by atoms with Crippen LogP contribution >= 0.6 is 0 Å². The Labute approximate surface area is 97.6 Å². The number of piperidine rings is 2. The Balaban J connectivity index is 1.77. The molecule has 2 atom stereocenters. The molecule has 0 aromatic heterocycles. The summed E-state index contributed by atoms with van der Waals surface area (Å²) in [7, 11) is 0. The van der Waals surface area contributed by atoms with Gasteiger partial charge >= 0.3 is 0 Å². The second kappa shape index (κ2) is 4.10. The van der Waals surface area contributed by atoms with Crippen molar-refractivity contribution in [1.29, 1.82) is 0 Å². The molecule has 16 heavy (non-hydrogen) atoms. The van der Waals surface area contributed by atoms with Crippen molar-refractivity contribution < 1.29 is 0 Å². The van der Waals surface area contributed by atoms with Gasteiger partial charge in [0.1, 0.15) is 0 Å². The van der Waals surface area contributed by atoms with Crippen molar-refractivity contribution in [2.24, 2.45) is 11.8 Å². The second-order valence-electron chi connectivity index (χ2n) is 5.37. The average Bonchev–Trinajstić information content (AvgIpc) is 2.29. The fourth-order valence-electron chi connectivity index (χ4n) is 3.07. The van der Waals surface area contributed by atoms with Gasteiger partial charge in [-0.3, -0.25) is 0 Å². The molecule has 1 aromatic carbocycles. The molecule has 2 fully saturated rings. The van der Waals surface area contributed by atoms with Gasteiger partial charge in [0.2, 0.25) is 0 Å². The van der Waals surface area contributed by atoms with Crippen LogP contribution in [0.5, 0.6) is 0 Å². The molecule has 2 heteroatoms. The first-order chi connectivity index (χ1) is 7.81. The number of rotatable bonds is 1. The van der Waals surface area contributed by atoms with Crippen molar-refractivity contribution in [3.8, 4) is 0 Å². The van der Waals surface area contributed by atoms with Crippen LogP contribution in [0.3, 0.4) is 0 Å². The van der Waals surface area contributed by atoms with Gasteiger partial charge in [-0.15, -0.1) is 0 Å². The van der Waals surface area contributed by atoms with Crippen LogP contribution < -0.4 is 10.2 Å². The minimum atomic E-state index is 0.855. The number of fused-ring (bicyclic) bond motifs is 2. The third-order valence-corrected chi connectivity index (χ3v) is 3.89. The lowest BCUT2D eigenvalue weighted by molar-refractivity contribution is 0.250. The highest BCUT2D eigenvalue weighted by molar-refractivity contribution is 5.48. The number of anilines is 1. The van der Waals surface area contributed by atoms with Gasteiger partial charge in [-0.1, -0.05) is 17.7 Å². The number of hydrogen-bond donors (Lipinski definition) is 1. The quantitative estimate of drug-likeness (QED) is 0.773.